The standard InChI is InChI=1S/C12H27NOS/c1-4-9-13-12(6-3)8-7-11-15(14)10-5-2/h12-13H,4-11H2,1-3H3. The molecule has 0 amide bonds. The largest absolute Gasteiger partial charge is 0.314 e. The number of hydrogen-bond donors (Lipinski definition) is 1. The van der Waals surface area contributed by atoms with Crippen LogP contribution in [0.5, 0.6) is 0 Å². The number of nitrogens with one attached hydrogen (secondary N) is 1. The average molecular weight is 233 g/mol. The smallest absolute Gasteiger partial charge is 0.0235 e. The molecule has 0 aliphatic rings. The Bertz CT molecular complexity index is 162. The van der Waals surface area contributed by atoms with Gasteiger partial charge in [0.1, 0.15) is 0 Å². The first-order valence-electron chi connectivity index (χ1n) is 6.32. The summed E-state index contributed by atoms with van der Waals surface area (Å²) in [6, 6.07) is 0.628. The number of hydrogen-bond acceptors (Lipinski definition) is 2. The molecule has 0 aliphatic heterocycles. The highest BCUT2D eigenvalue weighted by Crippen LogP contribution is 2.03. The molecule has 0 saturated heterocycles. The van der Waals surface area contributed by atoms with E-state index < -0.39 is 10.8 Å². The minimum absolute atomic E-state index is 0.572. The predicted molar refractivity (Wildman–Crippen MR) is 69.8 cm³/mol. The van der Waals surface area contributed by atoms with E-state index in [-0.39, 0.29) is 0 Å². The maximum atomic E-state index is 11.4. The van der Waals surface area contributed by atoms with Crippen molar-refractivity contribution in [3.63, 3.8) is 0 Å². The third kappa shape index (κ3) is 9.06. The van der Waals surface area contributed by atoms with Crippen LogP contribution in [0, 0.1) is 0 Å². The quantitative estimate of drug-likeness (QED) is 0.628. The second-order valence-corrected chi connectivity index (χ2v) is 5.75. The van der Waals surface area contributed by atoms with E-state index in [0.717, 1.165) is 30.9 Å². The Labute approximate surface area is 97.7 Å². The van der Waals surface area contributed by atoms with E-state index in [0.29, 0.717) is 6.04 Å². The molecule has 1 N–H and O–H groups in total. The topological polar surface area (TPSA) is 29.1 Å². The third-order valence-electron chi connectivity index (χ3n) is 2.53. The van der Waals surface area contributed by atoms with E-state index in [1.807, 2.05) is 0 Å². The molecule has 15 heavy (non-hydrogen) atoms. The molecule has 0 saturated carbocycles. The zero-order chi connectivity index (χ0) is 11.5. The second kappa shape index (κ2) is 10.6. The molecule has 0 aromatic heterocycles. The molecule has 0 rings (SSSR count). The minimum Gasteiger partial charge on any atom is -0.314 e. The summed E-state index contributed by atoms with van der Waals surface area (Å²) < 4.78 is 11.4. The first-order valence-corrected chi connectivity index (χ1v) is 7.81. The zero-order valence-corrected chi connectivity index (χ0v) is 11.4. The Hall–Kier alpha value is 0.110. The monoisotopic (exact) mass is 233 g/mol. The fourth-order valence-electron chi connectivity index (χ4n) is 1.62. The van der Waals surface area contributed by atoms with Gasteiger partial charge in [-0.2, -0.15) is 0 Å². The lowest BCUT2D eigenvalue weighted by Gasteiger charge is -2.15. The van der Waals surface area contributed by atoms with Gasteiger partial charge < -0.3 is 5.32 Å². The summed E-state index contributed by atoms with van der Waals surface area (Å²) in [5.41, 5.74) is 0. The highest BCUT2D eigenvalue weighted by Gasteiger charge is 2.05. The predicted octanol–water partition coefficient (Wildman–Crippen LogP) is 2.70. The summed E-state index contributed by atoms with van der Waals surface area (Å²) in [5.74, 6) is 1.76. The minimum atomic E-state index is -0.572. The molecule has 2 nitrogen and oxygen atoms in total. The molecular formula is C12H27NOS. The highest BCUT2D eigenvalue weighted by atomic mass is 32.2. The molecule has 0 heterocycles. The molecule has 3 heteroatoms. The van der Waals surface area contributed by atoms with Crippen LogP contribution in [-0.4, -0.2) is 28.3 Å². The van der Waals surface area contributed by atoms with Crippen molar-refractivity contribution in [2.45, 2.75) is 58.9 Å². The fraction of sp³-hybridized carbons (Fsp3) is 1.00. The first kappa shape index (κ1) is 15.1. The Morgan fingerprint density at radius 3 is 2.40 bits per heavy atom. The maximum Gasteiger partial charge on any atom is 0.0235 e. The van der Waals surface area contributed by atoms with Crippen LogP contribution < -0.4 is 5.32 Å². The molecule has 0 aromatic carbocycles. The van der Waals surface area contributed by atoms with Crippen LogP contribution in [0.1, 0.15) is 52.9 Å². The van der Waals surface area contributed by atoms with E-state index in [9.17, 15) is 4.21 Å². The fourth-order valence-corrected chi connectivity index (χ4v) is 2.77. The summed E-state index contributed by atoms with van der Waals surface area (Å²) in [6.07, 6.45) is 5.68. The van der Waals surface area contributed by atoms with Crippen LogP contribution >= 0.6 is 0 Å². The Balaban J connectivity index is 3.49. The molecule has 0 bridgehead atoms. The molecule has 0 radical (unpaired) electrons. The highest BCUT2D eigenvalue weighted by molar-refractivity contribution is 7.84. The molecule has 2 unspecified atom stereocenters. The van der Waals surface area contributed by atoms with E-state index >= 15 is 0 Å². The van der Waals surface area contributed by atoms with Crippen molar-refractivity contribution in [3.8, 4) is 0 Å². The van der Waals surface area contributed by atoms with Gasteiger partial charge in [0.25, 0.3) is 0 Å². The average Bonchev–Trinajstić information content (AvgIpc) is 2.23. The van der Waals surface area contributed by atoms with Crippen molar-refractivity contribution in [1.82, 2.24) is 5.32 Å². The van der Waals surface area contributed by atoms with E-state index in [2.05, 4.69) is 26.1 Å². The Morgan fingerprint density at radius 1 is 1.13 bits per heavy atom. The van der Waals surface area contributed by atoms with Gasteiger partial charge in [-0.1, -0.05) is 20.8 Å². The zero-order valence-electron chi connectivity index (χ0n) is 10.6. The summed E-state index contributed by atoms with van der Waals surface area (Å²) in [7, 11) is -0.572. The van der Waals surface area contributed by atoms with Gasteiger partial charge in [-0.25, -0.2) is 0 Å². The second-order valence-electron chi connectivity index (χ2n) is 4.05. The lowest BCUT2D eigenvalue weighted by molar-refractivity contribution is 0.464. The van der Waals surface area contributed by atoms with Crippen LogP contribution in [0.3, 0.4) is 0 Å². The van der Waals surface area contributed by atoms with Crippen LogP contribution in [0.25, 0.3) is 0 Å². The van der Waals surface area contributed by atoms with Gasteiger partial charge in [0.15, 0.2) is 0 Å². The SMILES string of the molecule is CCCNC(CC)CCCS(=O)CCC. The molecule has 2 atom stereocenters. The van der Waals surface area contributed by atoms with Crippen molar-refractivity contribution < 1.29 is 4.21 Å². The normalized spacial score (nSPS) is 15.1. The summed E-state index contributed by atoms with van der Waals surface area (Å²) in [4.78, 5) is 0. The van der Waals surface area contributed by atoms with Crippen LogP contribution in [0.15, 0.2) is 0 Å². The molecule has 0 aliphatic carbocycles. The lowest BCUT2D eigenvalue weighted by Crippen LogP contribution is -2.29. The van der Waals surface area contributed by atoms with Gasteiger partial charge >= 0.3 is 0 Å². The van der Waals surface area contributed by atoms with Crippen molar-refractivity contribution in [2.75, 3.05) is 18.1 Å². The van der Waals surface area contributed by atoms with E-state index in [1.165, 1.54) is 19.3 Å². The molecular weight excluding hydrogens is 206 g/mol. The summed E-state index contributed by atoms with van der Waals surface area (Å²) >= 11 is 0. The van der Waals surface area contributed by atoms with Crippen LogP contribution in [0.4, 0.5) is 0 Å². The summed E-state index contributed by atoms with van der Waals surface area (Å²) in [5, 5.41) is 3.53. The van der Waals surface area contributed by atoms with Gasteiger partial charge in [0.2, 0.25) is 0 Å². The molecule has 0 spiro atoms. The van der Waals surface area contributed by atoms with Crippen molar-refractivity contribution in [1.29, 1.82) is 0 Å². The van der Waals surface area contributed by atoms with Gasteiger partial charge in [-0.15, -0.1) is 0 Å². The van der Waals surface area contributed by atoms with Gasteiger partial charge in [0, 0.05) is 28.3 Å². The molecule has 0 aromatic rings. The number of rotatable bonds is 10. The van der Waals surface area contributed by atoms with E-state index in [4.69, 9.17) is 0 Å². The van der Waals surface area contributed by atoms with Crippen molar-refractivity contribution in [3.05, 3.63) is 0 Å². The Kier molecular flexibility index (Phi) is 10.7. The van der Waals surface area contributed by atoms with Gasteiger partial charge in [-0.05, 0) is 38.6 Å². The molecule has 0 fully saturated rings. The Morgan fingerprint density at radius 2 is 1.87 bits per heavy atom. The van der Waals surface area contributed by atoms with Crippen LogP contribution in [0.2, 0.25) is 0 Å². The van der Waals surface area contributed by atoms with Crippen LogP contribution in [-0.2, 0) is 10.8 Å². The summed E-state index contributed by atoms with van der Waals surface area (Å²) in [6.45, 7) is 7.61. The third-order valence-corrected chi connectivity index (χ3v) is 4.14. The van der Waals surface area contributed by atoms with Crippen molar-refractivity contribution >= 4 is 10.8 Å². The van der Waals surface area contributed by atoms with Gasteiger partial charge in [0.05, 0.1) is 0 Å². The van der Waals surface area contributed by atoms with E-state index in [1.54, 1.807) is 0 Å². The molecule has 92 valence electrons. The maximum absolute atomic E-state index is 11.4. The lowest BCUT2D eigenvalue weighted by atomic mass is 10.1. The van der Waals surface area contributed by atoms with Crippen molar-refractivity contribution in [2.24, 2.45) is 0 Å². The first-order chi connectivity index (χ1) is 7.24. The van der Waals surface area contributed by atoms with Gasteiger partial charge in [-0.3, -0.25) is 4.21 Å².